The molecule has 0 amide bonds. The summed E-state index contributed by atoms with van der Waals surface area (Å²) in [6.45, 7) is 0. The van der Waals surface area contributed by atoms with Crippen molar-refractivity contribution in [3.05, 3.63) is 79.1 Å². The number of pyridine rings is 1. The van der Waals surface area contributed by atoms with Gasteiger partial charge in [0, 0.05) is 29.9 Å². The first-order valence-electron chi connectivity index (χ1n) is 8.50. The van der Waals surface area contributed by atoms with Crippen LogP contribution in [0.3, 0.4) is 0 Å². The average Bonchev–Trinajstić information content (AvgIpc) is 3.40. The second-order valence-electron chi connectivity index (χ2n) is 6.36. The van der Waals surface area contributed by atoms with E-state index in [-0.39, 0.29) is 5.82 Å². The summed E-state index contributed by atoms with van der Waals surface area (Å²) >= 11 is 1.63. The molecule has 0 N–H and O–H groups in total. The van der Waals surface area contributed by atoms with Crippen molar-refractivity contribution in [2.75, 3.05) is 0 Å². The molecule has 0 unspecified atom stereocenters. The molecule has 4 heterocycles. The Morgan fingerprint density at radius 3 is 2.63 bits per heavy atom. The number of aryl methyl sites for hydroxylation is 1. The molecule has 6 heteroatoms. The minimum atomic E-state index is -0.222. The van der Waals surface area contributed by atoms with E-state index in [9.17, 15) is 4.39 Å². The molecule has 1 aromatic carbocycles. The maximum absolute atomic E-state index is 13.5. The molecule has 0 aliphatic heterocycles. The standard InChI is InChI=1S/C21H15FN4S/c1-25-13-16(11-24-25)14-7-8-26-18(12-23-21(26)10-14)20-6-5-19(27-20)15-3-2-4-17(22)9-15/h2-13H,1H3. The summed E-state index contributed by atoms with van der Waals surface area (Å²) in [6.07, 6.45) is 7.74. The predicted molar refractivity (Wildman–Crippen MR) is 106 cm³/mol. The molecule has 4 nitrogen and oxygen atoms in total. The number of aromatic nitrogens is 4. The van der Waals surface area contributed by atoms with Gasteiger partial charge in [-0.15, -0.1) is 11.3 Å². The van der Waals surface area contributed by atoms with Gasteiger partial charge in [-0.25, -0.2) is 9.37 Å². The summed E-state index contributed by atoms with van der Waals surface area (Å²) < 4.78 is 17.4. The molecule has 0 aliphatic carbocycles. The fourth-order valence-corrected chi connectivity index (χ4v) is 4.19. The number of hydrogen-bond donors (Lipinski definition) is 0. The summed E-state index contributed by atoms with van der Waals surface area (Å²) in [6, 6.07) is 14.9. The quantitative estimate of drug-likeness (QED) is 0.431. The molecule has 0 radical (unpaired) electrons. The third-order valence-electron chi connectivity index (χ3n) is 4.52. The van der Waals surface area contributed by atoms with Gasteiger partial charge in [-0.1, -0.05) is 12.1 Å². The van der Waals surface area contributed by atoms with Gasteiger partial charge < -0.3 is 0 Å². The Kier molecular flexibility index (Phi) is 3.65. The van der Waals surface area contributed by atoms with Crippen molar-refractivity contribution >= 4 is 17.0 Å². The molecule has 5 aromatic rings. The van der Waals surface area contributed by atoms with Crippen molar-refractivity contribution in [1.29, 1.82) is 0 Å². The summed E-state index contributed by atoms with van der Waals surface area (Å²) in [4.78, 5) is 6.69. The van der Waals surface area contributed by atoms with Crippen molar-refractivity contribution in [2.24, 2.45) is 7.05 Å². The molecule has 5 rings (SSSR count). The highest BCUT2D eigenvalue weighted by atomic mass is 32.1. The largest absolute Gasteiger partial charge is 0.299 e. The lowest BCUT2D eigenvalue weighted by atomic mass is 10.1. The molecule has 0 saturated heterocycles. The van der Waals surface area contributed by atoms with Gasteiger partial charge in [0.2, 0.25) is 0 Å². The predicted octanol–water partition coefficient (Wildman–Crippen LogP) is 5.27. The summed E-state index contributed by atoms with van der Waals surface area (Å²) in [5, 5.41) is 4.23. The third kappa shape index (κ3) is 2.84. The van der Waals surface area contributed by atoms with Crippen LogP contribution < -0.4 is 0 Å². The number of rotatable bonds is 3. The van der Waals surface area contributed by atoms with Gasteiger partial charge in [-0.3, -0.25) is 9.08 Å². The Balaban J connectivity index is 1.54. The Labute approximate surface area is 159 Å². The first kappa shape index (κ1) is 16.0. The summed E-state index contributed by atoms with van der Waals surface area (Å²) in [7, 11) is 1.91. The lowest BCUT2D eigenvalue weighted by Gasteiger charge is -2.02. The topological polar surface area (TPSA) is 35.1 Å². The van der Waals surface area contributed by atoms with Crippen molar-refractivity contribution in [2.45, 2.75) is 0 Å². The molecular formula is C21H15FN4S. The van der Waals surface area contributed by atoms with E-state index in [0.29, 0.717) is 0 Å². The van der Waals surface area contributed by atoms with Crippen LogP contribution in [-0.4, -0.2) is 19.2 Å². The van der Waals surface area contributed by atoms with Crippen molar-refractivity contribution in [3.63, 3.8) is 0 Å². The van der Waals surface area contributed by atoms with Gasteiger partial charge in [0.05, 0.1) is 23.0 Å². The van der Waals surface area contributed by atoms with E-state index in [4.69, 9.17) is 0 Å². The van der Waals surface area contributed by atoms with Gasteiger partial charge in [0.15, 0.2) is 0 Å². The highest BCUT2D eigenvalue weighted by Crippen LogP contribution is 2.35. The number of thiophene rings is 1. The molecule has 4 aromatic heterocycles. The van der Waals surface area contributed by atoms with E-state index >= 15 is 0 Å². The number of nitrogens with zero attached hydrogens (tertiary/aromatic N) is 4. The van der Waals surface area contributed by atoms with Crippen molar-refractivity contribution in [3.8, 4) is 32.1 Å². The minimum Gasteiger partial charge on any atom is -0.299 e. The summed E-state index contributed by atoms with van der Waals surface area (Å²) in [5.41, 5.74) is 4.94. The number of hydrogen-bond acceptors (Lipinski definition) is 3. The van der Waals surface area contributed by atoms with E-state index in [1.165, 1.54) is 6.07 Å². The zero-order chi connectivity index (χ0) is 18.4. The zero-order valence-corrected chi connectivity index (χ0v) is 15.3. The van der Waals surface area contributed by atoms with Crippen LogP contribution in [0, 0.1) is 5.82 Å². The zero-order valence-electron chi connectivity index (χ0n) is 14.5. The van der Waals surface area contributed by atoms with Crippen LogP contribution in [0.5, 0.6) is 0 Å². The molecule has 0 fully saturated rings. The van der Waals surface area contributed by atoms with Crippen LogP contribution in [0.1, 0.15) is 0 Å². The number of fused-ring (bicyclic) bond motifs is 1. The number of benzene rings is 1. The number of imidazole rings is 1. The number of halogens is 1. The Bertz CT molecular complexity index is 1260. The van der Waals surface area contributed by atoms with E-state index < -0.39 is 0 Å². The van der Waals surface area contributed by atoms with Crippen LogP contribution >= 0.6 is 11.3 Å². The molecule has 132 valence electrons. The maximum Gasteiger partial charge on any atom is 0.137 e. The van der Waals surface area contributed by atoms with E-state index in [2.05, 4.69) is 32.7 Å². The molecule has 0 saturated carbocycles. The monoisotopic (exact) mass is 374 g/mol. The van der Waals surface area contributed by atoms with Crippen LogP contribution in [0.2, 0.25) is 0 Å². The van der Waals surface area contributed by atoms with Gasteiger partial charge in [0.1, 0.15) is 11.5 Å². The second-order valence-corrected chi connectivity index (χ2v) is 7.45. The molecule has 0 spiro atoms. The molecule has 0 atom stereocenters. The Hall–Kier alpha value is -3.25. The van der Waals surface area contributed by atoms with Crippen molar-refractivity contribution < 1.29 is 4.39 Å². The molecule has 0 aliphatic rings. The molecule has 27 heavy (non-hydrogen) atoms. The maximum atomic E-state index is 13.5. The van der Waals surface area contributed by atoms with Crippen LogP contribution in [-0.2, 0) is 7.05 Å². The average molecular weight is 374 g/mol. The lowest BCUT2D eigenvalue weighted by Crippen LogP contribution is -1.87. The van der Waals surface area contributed by atoms with Crippen LogP contribution in [0.25, 0.3) is 37.8 Å². The van der Waals surface area contributed by atoms with Crippen LogP contribution in [0.15, 0.2) is 73.3 Å². The first-order chi connectivity index (χ1) is 13.2. The van der Waals surface area contributed by atoms with Gasteiger partial charge in [-0.2, -0.15) is 5.10 Å². The SMILES string of the molecule is Cn1cc(-c2ccn3c(-c4ccc(-c5cccc(F)c5)s4)cnc3c2)cn1. The second kappa shape index (κ2) is 6.17. The van der Waals surface area contributed by atoms with E-state index in [0.717, 1.165) is 37.8 Å². The highest BCUT2D eigenvalue weighted by Gasteiger charge is 2.11. The van der Waals surface area contributed by atoms with E-state index in [1.54, 1.807) is 28.2 Å². The Morgan fingerprint density at radius 1 is 0.926 bits per heavy atom. The first-order valence-corrected chi connectivity index (χ1v) is 9.31. The van der Waals surface area contributed by atoms with Gasteiger partial charge in [0.25, 0.3) is 0 Å². The Morgan fingerprint density at radius 2 is 1.81 bits per heavy atom. The highest BCUT2D eigenvalue weighted by molar-refractivity contribution is 7.18. The van der Waals surface area contributed by atoms with Crippen molar-refractivity contribution in [1.82, 2.24) is 19.2 Å². The van der Waals surface area contributed by atoms with Crippen LogP contribution in [0.4, 0.5) is 4.39 Å². The third-order valence-corrected chi connectivity index (χ3v) is 5.68. The fourth-order valence-electron chi connectivity index (χ4n) is 3.19. The summed E-state index contributed by atoms with van der Waals surface area (Å²) in [5.74, 6) is -0.222. The lowest BCUT2D eigenvalue weighted by molar-refractivity contribution is 0.628. The minimum absolute atomic E-state index is 0.222. The van der Waals surface area contributed by atoms with Gasteiger partial charge in [-0.05, 0) is 47.5 Å². The van der Waals surface area contributed by atoms with Gasteiger partial charge >= 0.3 is 0 Å². The molecule has 0 bridgehead atoms. The fraction of sp³-hybridized carbons (Fsp3) is 0.0476. The molecular weight excluding hydrogens is 359 g/mol. The smallest absolute Gasteiger partial charge is 0.137 e. The normalized spacial score (nSPS) is 11.3. The van der Waals surface area contributed by atoms with E-state index in [1.807, 2.05) is 44.0 Å².